The van der Waals surface area contributed by atoms with Gasteiger partial charge >= 0.3 is 6.18 Å². The molecule has 96 valence electrons. The highest BCUT2D eigenvalue weighted by Crippen LogP contribution is 2.29. The average Bonchev–Trinajstić information content (AvgIpc) is 2.24. The summed E-state index contributed by atoms with van der Waals surface area (Å²) < 4.78 is 36.3. The van der Waals surface area contributed by atoms with Crippen LogP contribution in [0.3, 0.4) is 0 Å². The molecule has 0 spiro atoms. The van der Waals surface area contributed by atoms with Crippen molar-refractivity contribution < 1.29 is 13.2 Å². The standard InChI is InChI=1S/C11H20F3NS/c1-15-10(2-5-11(12,13)14)8-9-3-6-16-7-4-9/h9-10,15H,2-8H2,1H3. The lowest BCUT2D eigenvalue weighted by atomic mass is 9.92. The summed E-state index contributed by atoms with van der Waals surface area (Å²) >= 11 is 1.95. The zero-order chi connectivity index (χ0) is 12.0. The summed E-state index contributed by atoms with van der Waals surface area (Å²) in [5.41, 5.74) is 0. The molecule has 0 aliphatic carbocycles. The van der Waals surface area contributed by atoms with Gasteiger partial charge in [0.1, 0.15) is 0 Å². The summed E-state index contributed by atoms with van der Waals surface area (Å²) in [5.74, 6) is 2.95. The van der Waals surface area contributed by atoms with Crippen LogP contribution in [0.2, 0.25) is 0 Å². The molecule has 1 saturated heterocycles. The van der Waals surface area contributed by atoms with Crippen LogP contribution in [0.1, 0.15) is 32.1 Å². The van der Waals surface area contributed by atoms with Gasteiger partial charge in [0.25, 0.3) is 0 Å². The molecule has 0 amide bonds. The van der Waals surface area contributed by atoms with Gasteiger partial charge in [-0.2, -0.15) is 24.9 Å². The molecule has 1 fully saturated rings. The van der Waals surface area contributed by atoms with Gasteiger partial charge in [0.15, 0.2) is 0 Å². The quantitative estimate of drug-likeness (QED) is 0.807. The van der Waals surface area contributed by atoms with Crippen molar-refractivity contribution in [1.82, 2.24) is 5.32 Å². The molecule has 0 aromatic rings. The van der Waals surface area contributed by atoms with Gasteiger partial charge in [-0.15, -0.1) is 0 Å². The maximum Gasteiger partial charge on any atom is 0.389 e. The van der Waals surface area contributed by atoms with E-state index in [0.29, 0.717) is 5.92 Å². The van der Waals surface area contributed by atoms with E-state index in [1.165, 1.54) is 11.5 Å². The van der Waals surface area contributed by atoms with Gasteiger partial charge < -0.3 is 5.32 Å². The van der Waals surface area contributed by atoms with Crippen molar-refractivity contribution in [2.24, 2.45) is 5.92 Å². The zero-order valence-electron chi connectivity index (χ0n) is 9.65. The topological polar surface area (TPSA) is 12.0 Å². The highest BCUT2D eigenvalue weighted by atomic mass is 32.2. The van der Waals surface area contributed by atoms with Crippen LogP contribution < -0.4 is 5.32 Å². The van der Waals surface area contributed by atoms with Crippen LogP contribution in [-0.4, -0.2) is 30.8 Å². The van der Waals surface area contributed by atoms with Crippen molar-refractivity contribution in [3.8, 4) is 0 Å². The van der Waals surface area contributed by atoms with E-state index >= 15 is 0 Å². The fourth-order valence-corrected chi connectivity index (χ4v) is 3.31. The van der Waals surface area contributed by atoms with Gasteiger partial charge in [-0.3, -0.25) is 0 Å². The molecule has 16 heavy (non-hydrogen) atoms. The summed E-state index contributed by atoms with van der Waals surface area (Å²) in [6.45, 7) is 0. The lowest BCUT2D eigenvalue weighted by Gasteiger charge is -2.26. The Labute approximate surface area is 99.6 Å². The van der Waals surface area contributed by atoms with E-state index in [-0.39, 0.29) is 12.5 Å². The van der Waals surface area contributed by atoms with Crippen LogP contribution >= 0.6 is 11.8 Å². The first-order chi connectivity index (χ1) is 7.51. The molecule has 1 aliphatic rings. The molecule has 1 heterocycles. The predicted octanol–water partition coefficient (Wildman–Crippen LogP) is 3.45. The first-order valence-corrected chi connectivity index (χ1v) is 6.98. The number of nitrogens with one attached hydrogen (secondary N) is 1. The monoisotopic (exact) mass is 255 g/mol. The van der Waals surface area contributed by atoms with Crippen LogP contribution in [0, 0.1) is 5.92 Å². The molecule has 1 N–H and O–H groups in total. The third kappa shape index (κ3) is 5.99. The second-order valence-corrected chi connectivity index (χ2v) is 5.66. The SMILES string of the molecule is CNC(CCC(F)(F)F)CC1CCSCC1. The summed E-state index contributed by atoms with van der Waals surface area (Å²) in [4.78, 5) is 0. The summed E-state index contributed by atoms with van der Waals surface area (Å²) in [5, 5.41) is 3.02. The Bertz CT molecular complexity index is 190. The smallest absolute Gasteiger partial charge is 0.317 e. The fraction of sp³-hybridized carbons (Fsp3) is 1.00. The van der Waals surface area contributed by atoms with E-state index in [4.69, 9.17) is 0 Å². The van der Waals surface area contributed by atoms with E-state index in [0.717, 1.165) is 19.3 Å². The number of rotatable bonds is 5. The van der Waals surface area contributed by atoms with Crippen LogP contribution in [-0.2, 0) is 0 Å². The molecule has 0 saturated carbocycles. The molecule has 0 aromatic carbocycles. The third-order valence-electron chi connectivity index (χ3n) is 3.14. The first kappa shape index (κ1) is 14.2. The molecular formula is C11H20F3NS. The molecule has 1 nitrogen and oxygen atoms in total. The van der Waals surface area contributed by atoms with Gasteiger partial charge in [0, 0.05) is 12.5 Å². The maximum atomic E-state index is 12.1. The summed E-state index contributed by atoms with van der Waals surface area (Å²) in [7, 11) is 1.76. The largest absolute Gasteiger partial charge is 0.389 e. The summed E-state index contributed by atoms with van der Waals surface area (Å²) in [6, 6.07) is 0.0229. The normalized spacial score (nSPS) is 21.0. The molecule has 1 rings (SSSR count). The Morgan fingerprint density at radius 2 is 1.94 bits per heavy atom. The molecular weight excluding hydrogens is 235 g/mol. The van der Waals surface area contributed by atoms with Crippen molar-refractivity contribution >= 4 is 11.8 Å². The molecule has 0 radical (unpaired) electrons. The highest BCUT2D eigenvalue weighted by Gasteiger charge is 2.28. The minimum atomic E-state index is -4.02. The minimum Gasteiger partial charge on any atom is -0.317 e. The number of halogens is 3. The molecule has 5 heteroatoms. The van der Waals surface area contributed by atoms with Crippen molar-refractivity contribution in [3.63, 3.8) is 0 Å². The number of alkyl halides is 3. The molecule has 1 atom stereocenters. The minimum absolute atomic E-state index is 0.0229. The Kier molecular flexibility index (Phi) is 5.97. The Morgan fingerprint density at radius 3 is 2.44 bits per heavy atom. The van der Waals surface area contributed by atoms with Crippen LogP contribution in [0.5, 0.6) is 0 Å². The van der Waals surface area contributed by atoms with Gasteiger partial charge in [0.05, 0.1) is 0 Å². The number of thioether (sulfide) groups is 1. The lowest BCUT2D eigenvalue weighted by Crippen LogP contribution is -2.30. The highest BCUT2D eigenvalue weighted by molar-refractivity contribution is 7.99. The maximum absolute atomic E-state index is 12.1. The first-order valence-electron chi connectivity index (χ1n) is 5.83. The second kappa shape index (κ2) is 6.74. The van der Waals surface area contributed by atoms with Crippen molar-refractivity contribution in [3.05, 3.63) is 0 Å². The molecule has 1 unspecified atom stereocenters. The zero-order valence-corrected chi connectivity index (χ0v) is 10.5. The molecule has 1 aliphatic heterocycles. The summed E-state index contributed by atoms with van der Waals surface area (Å²) in [6.07, 6.45) is -1.25. The van der Waals surface area contributed by atoms with E-state index < -0.39 is 12.6 Å². The van der Waals surface area contributed by atoms with Gasteiger partial charge in [-0.05, 0) is 50.2 Å². The Hall–Kier alpha value is 0.100. The molecule has 0 bridgehead atoms. The number of hydrogen-bond donors (Lipinski definition) is 1. The van der Waals surface area contributed by atoms with Crippen molar-refractivity contribution in [2.45, 2.75) is 44.3 Å². The second-order valence-electron chi connectivity index (χ2n) is 4.43. The van der Waals surface area contributed by atoms with E-state index in [9.17, 15) is 13.2 Å². The van der Waals surface area contributed by atoms with E-state index in [2.05, 4.69) is 5.32 Å². The lowest BCUT2D eigenvalue weighted by molar-refractivity contribution is -0.136. The Balaban J connectivity index is 2.25. The Morgan fingerprint density at radius 1 is 1.31 bits per heavy atom. The van der Waals surface area contributed by atoms with E-state index in [1.54, 1.807) is 7.05 Å². The molecule has 0 aromatic heterocycles. The van der Waals surface area contributed by atoms with Crippen LogP contribution in [0.4, 0.5) is 13.2 Å². The van der Waals surface area contributed by atoms with Gasteiger partial charge in [-0.1, -0.05) is 0 Å². The van der Waals surface area contributed by atoms with E-state index in [1.807, 2.05) is 11.8 Å². The van der Waals surface area contributed by atoms with Crippen LogP contribution in [0.25, 0.3) is 0 Å². The van der Waals surface area contributed by atoms with Crippen molar-refractivity contribution in [2.75, 3.05) is 18.6 Å². The van der Waals surface area contributed by atoms with Gasteiger partial charge in [-0.25, -0.2) is 0 Å². The third-order valence-corrected chi connectivity index (χ3v) is 4.19. The van der Waals surface area contributed by atoms with Gasteiger partial charge in [0.2, 0.25) is 0 Å². The predicted molar refractivity (Wildman–Crippen MR) is 62.8 cm³/mol. The fourth-order valence-electron chi connectivity index (χ4n) is 2.10. The van der Waals surface area contributed by atoms with Crippen molar-refractivity contribution in [1.29, 1.82) is 0 Å². The number of hydrogen-bond acceptors (Lipinski definition) is 2. The van der Waals surface area contributed by atoms with Crippen LogP contribution in [0.15, 0.2) is 0 Å². The average molecular weight is 255 g/mol.